The quantitative estimate of drug-likeness (QED) is 0.337. The summed E-state index contributed by atoms with van der Waals surface area (Å²) in [6.07, 6.45) is 0.435. The van der Waals surface area contributed by atoms with E-state index in [1.165, 1.54) is 7.11 Å². The molecule has 12 heteroatoms. The number of nitrogens with zero attached hydrogens (tertiary/aromatic N) is 6. The van der Waals surface area contributed by atoms with E-state index in [-0.39, 0.29) is 5.97 Å². The summed E-state index contributed by atoms with van der Waals surface area (Å²) in [5.41, 5.74) is 4.05. The van der Waals surface area contributed by atoms with Crippen LogP contribution in [0.3, 0.4) is 0 Å². The van der Waals surface area contributed by atoms with Crippen LogP contribution >= 0.6 is 0 Å². The Hall–Kier alpha value is -4.42. The number of esters is 1. The highest BCUT2D eigenvalue weighted by Gasteiger charge is 2.43. The Kier molecular flexibility index (Phi) is 7.45. The molecule has 4 aromatic rings. The van der Waals surface area contributed by atoms with Crippen LogP contribution in [-0.4, -0.2) is 98.8 Å². The van der Waals surface area contributed by atoms with Crippen LogP contribution in [0, 0.1) is 0 Å². The molecule has 2 fully saturated rings. The van der Waals surface area contributed by atoms with Gasteiger partial charge >= 0.3 is 5.97 Å². The SMILES string of the molecule is COC(=O)[C@@H]1Cc2c([nH]c3ccccc23)[C@H](c2ccc(OC)cc2)N1c1nc(N2CCOCC2)nc(N2CCOCC2)n1. The van der Waals surface area contributed by atoms with Crippen LogP contribution in [-0.2, 0) is 25.4 Å². The summed E-state index contributed by atoms with van der Waals surface area (Å²) in [7, 11) is 3.08. The molecule has 3 aliphatic heterocycles. The van der Waals surface area contributed by atoms with E-state index >= 15 is 0 Å². The molecule has 5 heterocycles. The average Bonchev–Trinajstić information content (AvgIpc) is 3.46. The third kappa shape index (κ3) is 5.10. The fourth-order valence-electron chi connectivity index (χ4n) is 6.25. The number of nitrogens with one attached hydrogen (secondary N) is 1. The zero-order valence-corrected chi connectivity index (χ0v) is 24.4. The molecule has 2 aromatic heterocycles. The Balaban J connectivity index is 1.44. The van der Waals surface area contributed by atoms with Gasteiger partial charge in [-0.15, -0.1) is 0 Å². The van der Waals surface area contributed by atoms with E-state index in [0.29, 0.717) is 76.9 Å². The van der Waals surface area contributed by atoms with Crippen molar-refractivity contribution in [1.29, 1.82) is 0 Å². The van der Waals surface area contributed by atoms with Crippen molar-refractivity contribution in [1.82, 2.24) is 19.9 Å². The number of hydrogen-bond acceptors (Lipinski definition) is 11. The molecular weight excluding hydrogens is 550 g/mol. The van der Waals surface area contributed by atoms with Gasteiger partial charge in [0.2, 0.25) is 17.8 Å². The van der Waals surface area contributed by atoms with Gasteiger partial charge in [-0.05, 0) is 29.3 Å². The number of anilines is 3. The Bertz CT molecular complexity index is 1560. The highest BCUT2D eigenvalue weighted by molar-refractivity contribution is 5.89. The maximum atomic E-state index is 13.6. The zero-order chi connectivity index (χ0) is 29.3. The first-order chi connectivity index (χ1) is 21.1. The van der Waals surface area contributed by atoms with Crippen molar-refractivity contribution in [3.05, 3.63) is 65.4 Å². The van der Waals surface area contributed by atoms with Crippen molar-refractivity contribution in [2.24, 2.45) is 0 Å². The topological polar surface area (TPSA) is 118 Å². The lowest BCUT2D eigenvalue weighted by Gasteiger charge is -2.41. The van der Waals surface area contributed by atoms with E-state index in [4.69, 9.17) is 33.9 Å². The summed E-state index contributed by atoms with van der Waals surface area (Å²) in [6.45, 7) is 5.04. The molecule has 1 N–H and O–H groups in total. The van der Waals surface area contributed by atoms with Crippen LogP contribution in [0.25, 0.3) is 10.9 Å². The highest BCUT2D eigenvalue weighted by atomic mass is 16.5. The van der Waals surface area contributed by atoms with Crippen molar-refractivity contribution in [2.45, 2.75) is 18.5 Å². The van der Waals surface area contributed by atoms with Gasteiger partial charge in [-0.25, -0.2) is 4.79 Å². The van der Waals surface area contributed by atoms with Gasteiger partial charge < -0.3 is 38.6 Å². The summed E-state index contributed by atoms with van der Waals surface area (Å²) >= 11 is 0. The first kappa shape index (κ1) is 27.4. The maximum Gasteiger partial charge on any atom is 0.328 e. The molecule has 7 rings (SSSR count). The fourth-order valence-corrected chi connectivity index (χ4v) is 6.25. The van der Waals surface area contributed by atoms with E-state index < -0.39 is 12.1 Å². The lowest BCUT2D eigenvalue weighted by Crippen LogP contribution is -2.50. The van der Waals surface area contributed by atoms with Gasteiger partial charge in [0.05, 0.1) is 46.7 Å². The number of aromatic amines is 1. The van der Waals surface area contributed by atoms with E-state index in [1.807, 2.05) is 41.3 Å². The average molecular weight is 586 g/mol. The number of carbonyl (C=O) groups excluding carboxylic acids is 1. The molecule has 224 valence electrons. The summed E-state index contributed by atoms with van der Waals surface area (Å²) < 4.78 is 22.1. The van der Waals surface area contributed by atoms with Crippen LogP contribution < -0.4 is 19.4 Å². The number of benzene rings is 2. The molecule has 0 aliphatic carbocycles. The number of carbonyl (C=O) groups is 1. The van der Waals surface area contributed by atoms with Crippen molar-refractivity contribution in [3.8, 4) is 5.75 Å². The molecule has 0 saturated carbocycles. The van der Waals surface area contributed by atoms with E-state index in [1.54, 1.807) is 7.11 Å². The molecule has 43 heavy (non-hydrogen) atoms. The van der Waals surface area contributed by atoms with Crippen LogP contribution in [0.4, 0.5) is 17.8 Å². The minimum absolute atomic E-state index is 0.351. The molecule has 0 bridgehead atoms. The fraction of sp³-hybridized carbons (Fsp3) is 0.419. The smallest absolute Gasteiger partial charge is 0.328 e. The zero-order valence-electron chi connectivity index (χ0n) is 24.4. The number of fused-ring (bicyclic) bond motifs is 3. The molecule has 0 amide bonds. The van der Waals surface area contributed by atoms with Gasteiger partial charge in [-0.1, -0.05) is 30.3 Å². The van der Waals surface area contributed by atoms with E-state index in [9.17, 15) is 4.79 Å². The summed E-state index contributed by atoms with van der Waals surface area (Å²) in [5, 5.41) is 1.09. The van der Waals surface area contributed by atoms with Crippen molar-refractivity contribution >= 4 is 34.7 Å². The summed E-state index contributed by atoms with van der Waals surface area (Å²) in [4.78, 5) is 38.6. The van der Waals surface area contributed by atoms with E-state index in [0.717, 1.165) is 33.5 Å². The lowest BCUT2D eigenvalue weighted by atomic mass is 9.88. The number of aromatic nitrogens is 4. The number of hydrogen-bond donors (Lipinski definition) is 1. The molecule has 3 aliphatic rings. The molecule has 2 saturated heterocycles. The van der Waals surface area contributed by atoms with Gasteiger partial charge in [-0.2, -0.15) is 15.0 Å². The Morgan fingerprint density at radius 1 is 0.837 bits per heavy atom. The second kappa shape index (κ2) is 11.7. The van der Waals surface area contributed by atoms with Crippen LogP contribution in [0.2, 0.25) is 0 Å². The van der Waals surface area contributed by atoms with Crippen molar-refractivity contribution in [3.63, 3.8) is 0 Å². The van der Waals surface area contributed by atoms with Crippen LogP contribution in [0.1, 0.15) is 22.9 Å². The number of morpholine rings is 2. The second-order valence-electron chi connectivity index (χ2n) is 10.8. The van der Waals surface area contributed by atoms with Crippen molar-refractivity contribution < 1.29 is 23.7 Å². The number of rotatable bonds is 6. The predicted octanol–water partition coefficient (Wildman–Crippen LogP) is 2.73. The lowest BCUT2D eigenvalue weighted by molar-refractivity contribution is -0.142. The van der Waals surface area contributed by atoms with Gasteiger partial charge in [0.1, 0.15) is 11.8 Å². The minimum atomic E-state index is -0.679. The Morgan fingerprint density at radius 2 is 1.44 bits per heavy atom. The predicted molar refractivity (Wildman–Crippen MR) is 161 cm³/mol. The Labute approximate surface area is 249 Å². The highest BCUT2D eigenvalue weighted by Crippen LogP contribution is 2.43. The third-order valence-corrected chi connectivity index (χ3v) is 8.46. The molecule has 0 unspecified atom stereocenters. The molecule has 0 spiro atoms. The maximum absolute atomic E-state index is 13.6. The third-order valence-electron chi connectivity index (χ3n) is 8.46. The minimum Gasteiger partial charge on any atom is -0.497 e. The largest absolute Gasteiger partial charge is 0.497 e. The Morgan fingerprint density at radius 3 is 2.05 bits per heavy atom. The number of H-pyrrole nitrogens is 1. The van der Waals surface area contributed by atoms with Gasteiger partial charge in [-0.3, -0.25) is 0 Å². The number of ether oxygens (including phenoxy) is 4. The molecule has 0 radical (unpaired) electrons. The first-order valence-corrected chi connectivity index (χ1v) is 14.7. The van der Waals surface area contributed by atoms with Gasteiger partial charge in [0.15, 0.2) is 0 Å². The van der Waals surface area contributed by atoms with Gasteiger partial charge in [0, 0.05) is 49.2 Å². The van der Waals surface area contributed by atoms with Crippen LogP contribution in [0.5, 0.6) is 5.75 Å². The molecule has 2 atom stereocenters. The summed E-state index contributed by atoms with van der Waals surface area (Å²) in [6, 6.07) is 15.0. The van der Waals surface area contributed by atoms with Crippen molar-refractivity contribution in [2.75, 3.05) is 81.5 Å². The summed E-state index contributed by atoms with van der Waals surface area (Å²) in [5.74, 6) is 1.94. The standard InChI is InChI=1S/C31H35N7O5/c1-40-21-9-7-20(8-10-21)27-26-23(22-5-3-4-6-24(22)32-26)19-25(28(39)41-2)38(27)31-34-29(36-11-15-42-16-12-36)33-30(35-31)37-13-17-43-18-14-37/h3-10,25,27,32H,11-19H2,1-2H3/t25-,27-/m0/s1. The first-order valence-electron chi connectivity index (χ1n) is 14.7. The molecule has 12 nitrogen and oxygen atoms in total. The number of para-hydroxylation sites is 1. The van der Waals surface area contributed by atoms with Crippen LogP contribution in [0.15, 0.2) is 48.5 Å². The second-order valence-corrected chi connectivity index (χ2v) is 10.8. The monoisotopic (exact) mass is 585 g/mol. The normalized spacial score (nSPS) is 20.7. The molecule has 2 aromatic carbocycles. The molecular formula is C31H35N7O5. The van der Waals surface area contributed by atoms with Gasteiger partial charge in [0.25, 0.3) is 0 Å². The van der Waals surface area contributed by atoms with E-state index in [2.05, 4.69) is 26.9 Å². The number of methoxy groups -OCH3 is 2.